The summed E-state index contributed by atoms with van der Waals surface area (Å²) in [5.41, 5.74) is 3.09. The molecule has 2 N–H and O–H groups in total. The average Bonchev–Trinajstić information content (AvgIpc) is 3.06. The van der Waals surface area contributed by atoms with E-state index in [9.17, 15) is 0 Å². The van der Waals surface area contributed by atoms with Crippen molar-refractivity contribution in [3.63, 3.8) is 0 Å². The van der Waals surface area contributed by atoms with Crippen LogP contribution in [-0.4, -0.2) is 34.7 Å². The Kier molecular flexibility index (Phi) is 3.94. The third-order valence-electron chi connectivity index (χ3n) is 4.41. The Morgan fingerprint density at radius 1 is 1.13 bits per heavy atom. The largest absolute Gasteiger partial charge is 0.381 e. The number of rotatable bonds is 4. The monoisotopic (exact) mass is 308 g/mol. The first kappa shape index (κ1) is 14.2. The molecule has 1 saturated heterocycles. The quantitative estimate of drug-likeness (QED) is 0.775. The number of fused-ring (bicyclic) bond motifs is 1. The second-order valence-electron chi connectivity index (χ2n) is 5.97. The first-order valence-corrected chi connectivity index (χ1v) is 8.11. The topological polar surface area (TPSA) is 62.8 Å². The van der Waals surface area contributed by atoms with E-state index < -0.39 is 0 Å². The van der Waals surface area contributed by atoms with Gasteiger partial charge in [0, 0.05) is 25.5 Å². The van der Waals surface area contributed by atoms with E-state index in [1.807, 2.05) is 18.2 Å². The molecule has 2 aromatic heterocycles. The van der Waals surface area contributed by atoms with E-state index in [0.29, 0.717) is 5.92 Å². The number of anilines is 1. The Balaban J connectivity index is 1.58. The fourth-order valence-corrected chi connectivity index (χ4v) is 3.05. The molecule has 0 aliphatic carbocycles. The predicted octanol–water partition coefficient (Wildman–Crippen LogP) is 3.46. The van der Waals surface area contributed by atoms with E-state index in [1.54, 1.807) is 6.33 Å². The highest BCUT2D eigenvalue weighted by atomic mass is 16.5. The van der Waals surface area contributed by atoms with E-state index in [-0.39, 0.29) is 0 Å². The van der Waals surface area contributed by atoms with Crippen LogP contribution in [0.1, 0.15) is 12.8 Å². The molecule has 0 unspecified atom stereocenters. The van der Waals surface area contributed by atoms with E-state index in [0.717, 1.165) is 60.7 Å². The molecule has 5 heteroatoms. The van der Waals surface area contributed by atoms with Crippen molar-refractivity contribution in [2.45, 2.75) is 12.8 Å². The summed E-state index contributed by atoms with van der Waals surface area (Å²) >= 11 is 0. The molecule has 0 radical (unpaired) electrons. The number of aromatic nitrogens is 3. The Morgan fingerprint density at radius 3 is 2.78 bits per heavy atom. The highest BCUT2D eigenvalue weighted by Gasteiger charge is 2.15. The molecule has 3 aromatic rings. The molecule has 0 saturated carbocycles. The minimum absolute atomic E-state index is 0.654. The van der Waals surface area contributed by atoms with Gasteiger partial charge in [-0.2, -0.15) is 0 Å². The van der Waals surface area contributed by atoms with Gasteiger partial charge in [0.25, 0.3) is 0 Å². The summed E-state index contributed by atoms with van der Waals surface area (Å²) in [5.74, 6) is 1.56. The molecule has 5 nitrogen and oxygen atoms in total. The Hall–Kier alpha value is -2.40. The summed E-state index contributed by atoms with van der Waals surface area (Å²) in [7, 11) is 0. The van der Waals surface area contributed by atoms with Crippen molar-refractivity contribution in [2.24, 2.45) is 5.92 Å². The first-order chi connectivity index (χ1) is 11.4. The second-order valence-corrected chi connectivity index (χ2v) is 5.97. The Bertz CT molecular complexity index is 778. The maximum Gasteiger partial charge on any atom is 0.143 e. The molecule has 1 aromatic carbocycles. The number of aromatic amines is 1. The molecule has 23 heavy (non-hydrogen) atoms. The minimum Gasteiger partial charge on any atom is -0.381 e. The van der Waals surface area contributed by atoms with Crippen LogP contribution in [0.4, 0.5) is 5.82 Å². The van der Waals surface area contributed by atoms with Crippen molar-refractivity contribution in [3.8, 4) is 11.3 Å². The number of ether oxygens (including phenoxy) is 1. The van der Waals surface area contributed by atoms with Crippen LogP contribution in [0, 0.1) is 5.92 Å². The van der Waals surface area contributed by atoms with Gasteiger partial charge >= 0.3 is 0 Å². The molecule has 4 rings (SSSR count). The summed E-state index contributed by atoms with van der Waals surface area (Å²) in [6.45, 7) is 2.67. The van der Waals surface area contributed by atoms with Gasteiger partial charge in [-0.1, -0.05) is 30.3 Å². The highest BCUT2D eigenvalue weighted by Crippen LogP contribution is 2.27. The van der Waals surface area contributed by atoms with Gasteiger partial charge in [-0.05, 0) is 30.4 Å². The predicted molar refractivity (Wildman–Crippen MR) is 91.4 cm³/mol. The Labute approximate surface area is 135 Å². The molecule has 0 atom stereocenters. The second kappa shape index (κ2) is 6.38. The SMILES string of the molecule is c1ccc(-c2cc3c(NCC4CCOCC4)ncnc3[nH]2)cc1. The molecule has 118 valence electrons. The van der Waals surface area contributed by atoms with Crippen LogP contribution in [0.5, 0.6) is 0 Å². The van der Waals surface area contributed by atoms with Crippen molar-refractivity contribution in [1.82, 2.24) is 15.0 Å². The average molecular weight is 308 g/mol. The summed E-state index contributed by atoms with van der Waals surface area (Å²) in [6.07, 6.45) is 3.84. The number of benzene rings is 1. The third kappa shape index (κ3) is 3.05. The van der Waals surface area contributed by atoms with Crippen molar-refractivity contribution in [3.05, 3.63) is 42.7 Å². The van der Waals surface area contributed by atoms with E-state index in [2.05, 4.69) is 38.5 Å². The molecule has 0 amide bonds. The van der Waals surface area contributed by atoms with Gasteiger partial charge in [0.2, 0.25) is 0 Å². The smallest absolute Gasteiger partial charge is 0.143 e. The lowest BCUT2D eigenvalue weighted by atomic mass is 10.0. The van der Waals surface area contributed by atoms with Gasteiger partial charge < -0.3 is 15.0 Å². The fraction of sp³-hybridized carbons (Fsp3) is 0.333. The van der Waals surface area contributed by atoms with Crippen LogP contribution in [-0.2, 0) is 4.74 Å². The van der Waals surface area contributed by atoms with Gasteiger partial charge in [0.15, 0.2) is 0 Å². The standard InChI is InChI=1S/C18H20N4O/c1-2-4-14(5-3-1)16-10-15-17(20-12-21-18(15)22-16)19-11-13-6-8-23-9-7-13/h1-5,10,12-13H,6-9,11H2,(H2,19,20,21,22). The van der Waals surface area contributed by atoms with Crippen LogP contribution in [0.2, 0.25) is 0 Å². The third-order valence-corrected chi connectivity index (χ3v) is 4.41. The van der Waals surface area contributed by atoms with Gasteiger partial charge in [-0.3, -0.25) is 0 Å². The van der Waals surface area contributed by atoms with Gasteiger partial charge in [0.05, 0.1) is 5.39 Å². The molecular weight excluding hydrogens is 288 g/mol. The number of nitrogens with one attached hydrogen (secondary N) is 2. The van der Waals surface area contributed by atoms with Crippen molar-refractivity contribution >= 4 is 16.9 Å². The normalized spacial score (nSPS) is 15.8. The van der Waals surface area contributed by atoms with Gasteiger partial charge in [-0.15, -0.1) is 0 Å². The zero-order valence-electron chi connectivity index (χ0n) is 13.0. The first-order valence-electron chi connectivity index (χ1n) is 8.11. The van der Waals surface area contributed by atoms with Gasteiger partial charge in [-0.25, -0.2) is 9.97 Å². The minimum atomic E-state index is 0.654. The van der Waals surface area contributed by atoms with Crippen LogP contribution in [0.15, 0.2) is 42.7 Å². The van der Waals surface area contributed by atoms with Crippen LogP contribution in [0.3, 0.4) is 0 Å². The zero-order chi connectivity index (χ0) is 15.5. The summed E-state index contributed by atoms with van der Waals surface area (Å²) in [5, 5.41) is 4.54. The number of hydrogen-bond donors (Lipinski definition) is 2. The van der Waals surface area contributed by atoms with Gasteiger partial charge in [0.1, 0.15) is 17.8 Å². The molecular formula is C18H20N4O. The van der Waals surface area contributed by atoms with Crippen molar-refractivity contribution in [1.29, 1.82) is 0 Å². The number of nitrogens with zero attached hydrogens (tertiary/aromatic N) is 2. The summed E-state index contributed by atoms with van der Waals surface area (Å²) < 4.78 is 5.42. The fourth-order valence-electron chi connectivity index (χ4n) is 3.05. The molecule has 0 bridgehead atoms. The lowest BCUT2D eigenvalue weighted by molar-refractivity contribution is 0.0699. The summed E-state index contributed by atoms with van der Waals surface area (Å²) in [4.78, 5) is 12.2. The highest BCUT2D eigenvalue weighted by molar-refractivity contribution is 5.91. The van der Waals surface area contributed by atoms with Crippen molar-refractivity contribution in [2.75, 3.05) is 25.1 Å². The zero-order valence-corrected chi connectivity index (χ0v) is 13.0. The lowest BCUT2D eigenvalue weighted by Gasteiger charge is -2.22. The lowest BCUT2D eigenvalue weighted by Crippen LogP contribution is -2.23. The van der Waals surface area contributed by atoms with E-state index in [4.69, 9.17) is 4.74 Å². The molecule has 3 heterocycles. The maximum atomic E-state index is 5.42. The molecule has 1 aliphatic rings. The van der Waals surface area contributed by atoms with Crippen LogP contribution in [0.25, 0.3) is 22.3 Å². The summed E-state index contributed by atoms with van der Waals surface area (Å²) in [6, 6.07) is 12.4. The Morgan fingerprint density at radius 2 is 1.96 bits per heavy atom. The maximum absolute atomic E-state index is 5.42. The van der Waals surface area contributed by atoms with E-state index >= 15 is 0 Å². The number of H-pyrrole nitrogens is 1. The number of hydrogen-bond acceptors (Lipinski definition) is 4. The van der Waals surface area contributed by atoms with Crippen LogP contribution < -0.4 is 5.32 Å². The molecule has 1 aliphatic heterocycles. The molecule has 1 fully saturated rings. The van der Waals surface area contributed by atoms with Crippen LogP contribution >= 0.6 is 0 Å². The molecule has 0 spiro atoms. The van der Waals surface area contributed by atoms with E-state index in [1.165, 1.54) is 0 Å². The van der Waals surface area contributed by atoms with Crippen molar-refractivity contribution < 1.29 is 4.74 Å².